The van der Waals surface area contributed by atoms with E-state index in [-0.39, 0.29) is 18.1 Å². The predicted octanol–water partition coefficient (Wildman–Crippen LogP) is 1.39. The SMILES string of the molecule is CN(C(=O)c1ccc[nH]1)C1CCCCC1O. The summed E-state index contributed by atoms with van der Waals surface area (Å²) in [6.07, 6.45) is 5.19. The summed E-state index contributed by atoms with van der Waals surface area (Å²) in [5, 5.41) is 9.88. The van der Waals surface area contributed by atoms with Gasteiger partial charge in [-0.2, -0.15) is 0 Å². The standard InChI is InChI=1S/C12H18N2O2/c1-14(10-6-2-3-7-11(10)15)12(16)9-5-4-8-13-9/h4-5,8,10-11,13,15H,2-3,6-7H2,1H3. The molecule has 2 N–H and O–H groups in total. The number of carbonyl (C=O) groups is 1. The van der Waals surface area contributed by atoms with Crippen molar-refractivity contribution in [3.05, 3.63) is 24.0 Å². The number of likely N-dealkylation sites (N-methyl/N-ethyl adjacent to an activating group) is 1. The third-order valence-electron chi connectivity index (χ3n) is 3.34. The second kappa shape index (κ2) is 4.70. The van der Waals surface area contributed by atoms with E-state index >= 15 is 0 Å². The number of hydrogen-bond acceptors (Lipinski definition) is 2. The van der Waals surface area contributed by atoms with Gasteiger partial charge >= 0.3 is 0 Å². The summed E-state index contributed by atoms with van der Waals surface area (Å²) >= 11 is 0. The summed E-state index contributed by atoms with van der Waals surface area (Å²) in [7, 11) is 1.77. The van der Waals surface area contributed by atoms with E-state index in [0.717, 1.165) is 25.7 Å². The molecule has 1 amide bonds. The molecule has 0 spiro atoms. The van der Waals surface area contributed by atoms with Crippen LogP contribution in [0.25, 0.3) is 0 Å². The van der Waals surface area contributed by atoms with Gasteiger partial charge in [-0.25, -0.2) is 0 Å². The van der Waals surface area contributed by atoms with Gasteiger partial charge in [0.2, 0.25) is 0 Å². The molecule has 0 aromatic carbocycles. The number of rotatable bonds is 2. The molecule has 1 heterocycles. The van der Waals surface area contributed by atoms with E-state index in [1.165, 1.54) is 0 Å². The van der Waals surface area contributed by atoms with Crippen LogP contribution in [0.2, 0.25) is 0 Å². The van der Waals surface area contributed by atoms with Crippen LogP contribution in [0.4, 0.5) is 0 Å². The second-order valence-corrected chi connectivity index (χ2v) is 4.42. The van der Waals surface area contributed by atoms with Crippen molar-refractivity contribution in [1.82, 2.24) is 9.88 Å². The molecule has 1 aliphatic carbocycles. The average Bonchev–Trinajstić information content (AvgIpc) is 2.81. The zero-order valence-electron chi connectivity index (χ0n) is 9.52. The van der Waals surface area contributed by atoms with Gasteiger partial charge in [0.1, 0.15) is 5.69 Å². The van der Waals surface area contributed by atoms with E-state index in [1.54, 1.807) is 30.3 Å². The number of aliphatic hydroxyl groups is 1. The van der Waals surface area contributed by atoms with Gasteiger partial charge in [-0.05, 0) is 25.0 Å². The van der Waals surface area contributed by atoms with Crippen LogP contribution < -0.4 is 0 Å². The number of aliphatic hydroxyl groups excluding tert-OH is 1. The van der Waals surface area contributed by atoms with Crippen LogP contribution in [-0.4, -0.2) is 40.1 Å². The fourth-order valence-electron chi connectivity index (χ4n) is 2.35. The van der Waals surface area contributed by atoms with Gasteiger partial charge in [-0.3, -0.25) is 4.79 Å². The highest BCUT2D eigenvalue weighted by atomic mass is 16.3. The molecule has 16 heavy (non-hydrogen) atoms. The number of amides is 1. The zero-order chi connectivity index (χ0) is 11.5. The lowest BCUT2D eigenvalue weighted by molar-refractivity contribution is 0.0265. The Morgan fingerprint density at radius 2 is 2.25 bits per heavy atom. The molecule has 1 aliphatic rings. The molecule has 0 aliphatic heterocycles. The molecular weight excluding hydrogens is 204 g/mol. The molecule has 4 nitrogen and oxygen atoms in total. The summed E-state index contributed by atoms with van der Waals surface area (Å²) in [6.45, 7) is 0. The molecule has 0 radical (unpaired) electrons. The maximum absolute atomic E-state index is 12.0. The van der Waals surface area contributed by atoms with Crippen molar-refractivity contribution in [2.24, 2.45) is 0 Å². The molecule has 4 heteroatoms. The third kappa shape index (κ3) is 2.11. The molecule has 2 rings (SSSR count). The topological polar surface area (TPSA) is 56.3 Å². The quantitative estimate of drug-likeness (QED) is 0.794. The van der Waals surface area contributed by atoms with E-state index in [0.29, 0.717) is 5.69 Å². The lowest BCUT2D eigenvalue weighted by Gasteiger charge is -2.34. The minimum atomic E-state index is -0.377. The molecule has 0 bridgehead atoms. The average molecular weight is 222 g/mol. The van der Waals surface area contributed by atoms with Gasteiger partial charge in [0.25, 0.3) is 5.91 Å². The van der Waals surface area contributed by atoms with Crippen molar-refractivity contribution in [3.63, 3.8) is 0 Å². The Kier molecular flexibility index (Phi) is 3.29. The van der Waals surface area contributed by atoms with Crippen molar-refractivity contribution in [2.45, 2.75) is 37.8 Å². The molecule has 1 fully saturated rings. The normalized spacial score (nSPS) is 25.4. The van der Waals surface area contributed by atoms with Crippen molar-refractivity contribution < 1.29 is 9.90 Å². The van der Waals surface area contributed by atoms with Crippen molar-refractivity contribution in [2.75, 3.05) is 7.05 Å². The number of H-pyrrole nitrogens is 1. The molecule has 0 saturated heterocycles. The largest absolute Gasteiger partial charge is 0.391 e. The molecule has 2 unspecified atom stereocenters. The molecule has 1 aromatic heterocycles. The van der Waals surface area contributed by atoms with Crippen molar-refractivity contribution in [1.29, 1.82) is 0 Å². The lowest BCUT2D eigenvalue weighted by atomic mass is 9.91. The molecule has 88 valence electrons. The zero-order valence-corrected chi connectivity index (χ0v) is 9.52. The van der Waals surface area contributed by atoms with E-state index in [9.17, 15) is 9.90 Å². The first-order chi connectivity index (χ1) is 7.70. The Balaban J connectivity index is 2.06. The molecular formula is C12H18N2O2. The first-order valence-electron chi connectivity index (χ1n) is 5.79. The summed E-state index contributed by atoms with van der Waals surface area (Å²) < 4.78 is 0. The number of hydrogen-bond donors (Lipinski definition) is 2. The van der Waals surface area contributed by atoms with Gasteiger partial charge < -0.3 is 15.0 Å². The van der Waals surface area contributed by atoms with Crippen LogP contribution in [0.15, 0.2) is 18.3 Å². The Morgan fingerprint density at radius 3 is 2.88 bits per heavy atom. The lowest BCUT2D eigenvalue weighted by Crippen LogP contribution is -2.46. The summed E-state index contributed by atoms with van der Waals surface area (Å²) in [4.78, 5) is 16.6. The van der Waals surface area contributed by atoms with Gasteiger partial charge in [-0.15, -0.1) is 0 Å². The first-order valence-corrected chi connectivity index (χ1v) is 5.79. The van der Waals surface area contributed by atoms with Gasteiger partial charge in [0, 0.05) is 13.2 Å². The van der Waals surface area contributed by atoms with E-state index < -0.39 is 0 Å². The summed E-state index contributed by atoms with van der Waals surface area (Å²) in [5.74, 6) is -0.0454. The highest BCUT2D eigenvalue weighted by molar-refractivity contribution is 5.92. The van der Waals surface area contributed by atoms with Gasteiger partial charge in [0.15, 0.2) is 0 Å². The number of nitrogens with zero attached hydrogens (tertiary/aromatic N) is 1. The van der Waals surface area contributed by atoms with E-state index in [2.05, 4.69) is 4.98 Å². The fourth-order valence-corrected chi connectivity index (χ4v) is 2.35. The van der Waals surface area contributed by atoms with Crippen LogP contribution >= 0.6 is 0 Å². The van der Waals surface area contributed by atoms with Crippen LogP contribution in [0, 0.1) is 0 Å². The molecule has 1 saturated carbocycles. The van der Waals surface area contributed by atoms with Crippen LogP contribution in [0.5, 0.6) is 0 Å². The van der Waals surface area contributed by atoms with Crippen LogP contribution in [0.3, 0.4) is 0 Å². The minimum Gasteiger partial charge on any atom is -0.391 e. The Morgan fingerprint density at radius 1 is 1.50 bits per heavy atom. The van der Waals surface area contributed by atoms with E-state index in [4.69, 9.17) is 0 Å². The number of aromatic amines is 1. The monoisotopic (exact) mass is 222 g/mol. The number of carbonyl (C=O) groups excluding carboxylic acids is 1. The number of nitrogens with one attached hydrogen (secondary N) is 1. The second-order valence-electron chi connectivity index (χ2n) is 4.42. The highest BCUT2D eigenvalue weighted by Crippen LogP contribution is 2.23. The molecule has 1 aromatic rings. The van der Waals surface area contributed by atoms with Crippen LogP contribution in [0.1, 0.15) is 36.2 Å². The maximum atomic E-state index is 12.0. The Bertz CT molecular complexity index is 348. The Labute approximate surface area is 95.3 Å². The molecule has 2 atom stereocenters. The van der Waals surface area contributed by atoms with Crippen molar-refractivity contribution >= 4 is 5.91 Å². The highest BCUT2D eigenvalue weighted by Gasteiger charge is 2.29. The van der Waals surface area contributed by atoms with Gasteiger partial charge in [-0.1, -0.05) is 12.8 Å². The maximum Gasteiger partial charge on any atom is 0.270 e. The summed E-state index contributed by atoms with van der Waals surface area (Å²) in [6, 6.07) is 3.52. The summed E-state index contributed by atoms with van der Waals surface area (Å²) in [5.41, 5.74) is 0.584. The third-order valence-corrected chi connectivity index (χ3v) is 3.34. The first kappa shape index (κ1) is 11.2. The van der Waals surface area contributed by atoms with E-state index in [1.807, 2.05) is 0 Å². The van der Waals surface area contributed by atoms with Crippen molar-refractivity contribution in [3.8, 4) is 0 Å². The van der Waals surface area contributed by atoms with Gasteiger partial charge in [0.05, 0.1) is 12.1 Å². The minimum absolute atomic E-state index is 0.0375. The van der Waals surface area contributed by atoms with Crippen LogP contribution in [-0.2, 0) is 0 Å². The Hall–Kier alpha value is -1.29. The predicted molar refractivity (Wildman–Crippen MR) is 61.1 cm³/mol. The number of aromatic nitrogens is 1. The fraction of sp³-hybridized carbons (Fsp3) is 0.583. The smallest absolute Gasteiger partial charge is 0.270 e.